The SMILES string of the molecule is COCCCNC(=O)c1cccc(NC(=O)CNc2cc(Cl)c(Cl)cc2Cl)c1. The summed E-state index contributed by atoms with van der Waals surface area (Å²) in [5.41, 5.74) is 1.46. The Morgan fingerprint density at radius 1 is 1.04 bits per heavy atom. The quantitative estimate of drug-likeness (QED) is 0.394. The number of amides is 2. The number of nitrogens with one attached hydrogen (secondary N) is 3. The van der Waals surface area contributed by atoms with Gasteiger partial charge in [0.2, 0.25) is 5.91 Å². The molecule has 0 spiro atoms. The highest BCUT2D eigenvalue weighted by molar-refractivity contribution is 6.44. The van der Waals surface area contributed by atoms with Gasteiger partial charge in [-0.2, -0.15) is 0 Å². The Morgan fingerprint density at radius 3 is 2.54 bits per heavy atom. The Labute approximate surface area is 178 Å². The number of anilines is 2. The van der Waals surface area contributed by atoms with Crippen LogP contribution in [0.2, 0.25) is 15.1 Å². The van der Waals surface area contributed by atoms with Crippen LogP contribution in [-0.4, -0.2) is 38.6 Å². The zero-order valence-electron chi connectivity index (χ0n) is 15.2. The molecular weight excluding hydrogens is 425 g/mol. The first kappa shape index (κ1) is 22.3. The van der Waals surface area contributed by atoms with Gasteiger partial charge in [0.15, 0.2) is 0 Å². The number of benzene rings is 2. The van der Waals surface area contributed by atoms with Gasteiger partial charge in [0.1, 0.15) is 0 Å². The van der Waals surface area contributed by atoms with Crippen molar-refractivity contribution < 1.29 is 14.3 Å². The fourth-order valence-electron chi connectivity index (χ4n) is 2.30. The lowest BCUT2D eigenvalue weighted by Crippen LogP contribution is -2.25. The summed E-state index contributed by atoms with van der Waals surface area (Å²) in [6.07, 6.45) is 0.724. The highest BCUT2D eigenvalue weighted by atomic mass is 35.5. The Kier molecular flexibility index (Phi) is 8.86. The van der Waals surface area contributed by atoms with Gasteiger partial charge in [0, 0.05) is 31.5 Å². The minimum Gasteiger partial charge on any atom is -0.385 e. The molecule has 0 heterocycles. The second-order valence-electron chi connectivity index (χ2n) is 5.83. The molecule has 0 atom stereocenters. The third-order valence-electron chi connectivity index (χ3n) is 3.67. The molecule has 0 saturated carbocycles. The highest BCUT2D eigenvalue weighted by Gasteiger charge is 2.10. The van der Waals surface area contributed by atoms with Gasteiger partial charge in [-0.1, -0.05) is 40.9 Å². The molecule has 0 aliphatic heterocycles. The van der Waals surface area contributed by atoms with E-state index in [2.05, 4.69) is 16.0 Å². The molecule has 9 heteroatoms. The summed E-state index contributed by atoms with van der Waals surface area (Å²) in [6, 6.07) is 9.73. The lowest BCUT2D eigenvalue weighted by atomic mass is 10.2. The van der Waals surface area contributed by atoms with Crippen molar-refractivity contribution in [3.8, 4) is 0 Å². The van der Waals surface area contributed by atoms with Crippen LogP contribution in [0, 0.1) is 0 Å². The van der Waals surface area contributed by atoms with Gasteiger partial charge in [-0.3, -0.25) is 9.59 Å². The summed E-state index contributed by atoms with van der Waals surface area (Å²) in [5, 5.41) is 9.44. The van der Waals surface area contributed by atoms with Gasteiger partial charge in [-0.15, -0.1) is 0 Å². The van der Waals surface area contributed by atoms with Crippen molar-refractivity contribution in [1.82, 2.24) is 5.32 Å². The molecule has 28 heavy (non-hydrogen) atoms. The Morgan fingerprint density at radius 2 is 1.79 bits per heavy atom. The first-order valence-corrected chi connectivity index (χ1v) is 9.59. The highest BCUT2D eigenvalue weighted by Crippen LogP contribution is 2.32. The van der Waals surface area contributed by atoms with Crippen LogP contribution in [0.15, 0.2) is 36.4 Å². The number of methoxy groups -OCH3 is 1. The number of rotatable bonds is 9. The van der Waals surface area contributed by atoms with E-state index >= 15 is 0 Å². The molecule has 0 aliphatic rings. The Bertz CT molecular complexity index is 846. The zero-order valence-corrected chi connectivity index (χ0v) is 17.4. The van der Waals surface area contributed by atoms with Crippen LogP contribution in [0.5, 0.6) is 0 Å². The van der Waals surface area contributed by atoms with E-state index in [1.165, 1.54) is 6.07 Å². The minimum atomic E-state index is -0.306. The molecule has 2 aromatic carbocycles. The molecule has 6 nitrogen and oxygen atoms in total. The number of hydrogen-bond donors (Lipinski definition) is 3. The van der Waals surface area contributed by atoms with E-state index in [9.17, 15) is 9.59 Å². The van der Waals surface area contributed by atoms with Crippen LogP contribution >= 0.6 is 34.8 Å². The molecule has 0 aliphatic carbocycles. The van der Waals surface area contributed by atoms with Crippen molar-refractivity contribution in [3.63, 3.8) is 0 Å². The van der Waals surface area contributed by atoms with Gasteiger partial charge >= 0.3 is 0 Å². The maximum Gasteiger partial charge on any atom is 0.251 e. The van der Waals surface area contributed by atoms with E-state index in [1.54, 1.807) is 37.4 Å². The number of halogens is 3. The maximum atomic E-state index is 12.2. The largest absolute Gasteiger partial charge is 0.385 e. The molecule has 2 rings (SSSR count). The van der Waals surface area contributed by atoms with Crippen molar-refractivity contribution in [2.75, 3.05) is 37.4 Å². The third-order valence-corrected chi connectivity index (χ3v) is 4.70. The minimum absolute atomic E-state index is 0.0366. The predicted molar refractivity (Wildman–Crippen MR) is 114 cm³/mol. The van der Waals surface area contributed by atoms with Crippen molar-refractivity contribution in [1.29, 1.82) is 0 Å². The summed E-state index contributed by atoms with van der Waals surface area (Å²) < 4.78 is 4.94. The molecule has 0 fully saturated rings. The summed E-state index contributed by atoms with van der Waals surface area (Å²) in [4.78, 5) is 24.3. The first-order valence-electron chi connectivity index (χ1n) is 8.46. The molecule has 0 saturated heterocycles. The summed E-state index contributed by atoms with van der Waals surface area (Å²) in [6.45, 7) is 1.05. The van der Waals surface area contributed by atoms with Crippen LogP contribution in [0.4, 0.5) is 11.4 Å². The second-order valence-corrected chi connectivity index (χ2v) is 7.05. The molecule has 3 N–H and O–H groups in total. The molecule has 0 radical (unpaired) electrons. The first-order chi connectivity index (χ1) is 13.4. The second kappa shape index (κ2) is 11.1. The van der Waals surface area contributed by atoms with Crippen LogP contribution in [0.25, 0.3) is 0 Å². The average molecular weight is 445 g/mol. The molecule has 150 valence electrons. The fourth-order valence-corrected chi connectivity index (χ4v) is 2.91. The molecule has 0 aromatic heterocycles. The van der Waals surface area contributed by atoms with E-state index in [4.69, 9.17) is 39.5 Å². The standard InChI is InChI=1S/C19H20Cl3N3O3/c1-28-7-3-6-23-19(27)12-4-2-5-13(8-12)25-18(26)11-24-17-10-15(21)14(20)9-16(17)22/h2,4-5,8-10,24H,3,6-7,11H2,1H3,(H,23,27)(H,25,26). The molecule has 0 bridgehead atoms. The van der Waals surface area contributed by atoms with Crippen molar-refractivity contribution in [2.45, 2.75) is 6.42 Å². The van der Waals surface area contributed by atoms with Crippen molar-refractivity contribution >= 4 is 58.0 Å². The monoisotopic (exact) mass is 443 g/mol. The topological polar surface area (TPSA) is 79.5 Å². The van der Waals surface area contributed by atoms with Gasteiger partial charge < -0.3 is 20.7 Å². The van der Waals surface area contributed by atoms with Gasteiger partial charge in [-0.25, -0.2) is 0 Å². The number of carbonyl (C=O) groups excluding carboxylic acids is 2. The Hall–Kier alpha value is -1.99. The van der Waals surface area contributed by atoms with Gasteiger partial charge in [0.25, 0.3) is 5.91 Å². The van der Waals surface area contributed by atoms with E-state index in [0.717, 1.165) is 6.42 Å². The number of carbonyl (C=O) groups is 2. The lowest BCUT2D eigenvalue weighted by Gasteiger charge is -2.11. The third kappa shape index (κ3) is 6.87. The predicted octanol–water partition coefficient (Wildman–Crippen LogP) is 4.46. The maximum absolute atomic E-state index is 12.2. The number of hydrogen-bond acceptors (Lipinski definition) is 4. The molecule has 2 aromatic rings. The van der Waals surface area contributed by atoms with Crippen molar-refractivity contribution in [3.05, 3.63) is 57.0 Å². The normalized spacial score (nSPS) is 10.4. The van der Waals surface area contributed by atoms with E-state index < -0.39 is 0 Å². The van der Waals surface area contributed by atoms with E-state index in [0.29, 0.717) is 45.2 Å². The van der Waals surface area contributed by atoms with Crippen LogP contribution in [0.3, 0.4) is 0 Å². The fraction of sp³-hybridized carbons (Fsp3) is 0.263. The molecule has 2 amide bonds. The van der Waals surface area contributed by atoms with E-state index in [-0.39, 0.29) is 18.4 Å². The van der Waals surface area contributed by atoms with Crippen molar-refractivity contribution in [2.24, 2.45) is 0 Å². The molecular formula is C19H20Cl3N3O3. The zero-order chi connectivity index (χ0) is 20.5. The van der Waals surface area contributed by atoms with Crippen LogP contribution in [-0.2, 0) is 9.53 Å². The van der Waals surface area contributed by atoms with Crippen LogP contribution < -0.4 is 16.0 Å². The summed E-state index contributed by atoms with van der Waals surface area (Å²) in [5.74, 6) is -0.521. The number of ether oxygens (including phenoxy) is 1. The van der Waals surface area contributed by atoms with Crippen LogP contribution in [0.1, 0.15) is 16.8 Å². The smallest absolute Gasteiger partial charge is 0.251 e. The summed E-state index contributed by atoms with van der Waals surface area (Å²) in [7, 11) is 1.61. The summed E-state index contributed by atoms with van der Waals surface area (Å²) >= 11 is 17.9. The Balaban J connectivity index is 1.90. The average Bonchev–Trinajstić information content (AvgIpc) is 2.67. The van der Waals surface area contributed by atoms with E-state index in [1.807, 2.05) is 0 Å². The lowest BCUT2D eigenvalue weighted by molar-refractivity contribution is -0.114. The van der Waals surface area contributed by atoms with Gasteiger partial charge in [0.05, 0.1) is 27.3 Å². The molecule has 0 unspecified atom stereocenters. The van der Waals surface area contributed by atoms with Gasteiger partial charge in [-0.05, 0) is 36.8 Å².